The summed E-state index contributed by atoms with van der Waals surface area (Å²) in [5.41, 5.74) is 0. The molecule has 0 bridgehead atoms. The quantitative estimate of drug-likeness (QED) is 0.462. The molecule has 1 aliphatic rings. The van der Waals surface area contributed by atoms with Gasteiger partial charge in [-0.05, 0) is 6.42 Å². The molecule has 0 radical (unpaired) electrons. The average Bonchev–Trinajstić information content (AvgIpc) is 1.93. The Morgan fingerprint density at radius 1 is 1.55 bits per heavy atom. The van der Waals surface area contributed by atoms with Gasteiger partial charge in [0.1, 0.15) is 0 Å². The molecule has 3 N–H and O–H groups in total. The number of rotatable bonds is 1. The largest absolute Gasteiger partial charge is 0.507 e. The highest BCUT2D eigenvalue weighted by Gasteiger charge is 2.20. The molecule has 5 heteroatoms. The first kappa shape index (κ1) is 8.29. The van der Waals surface area contributed by atoms with E-state index in [2.05, 4.69) is 10.1 Å². The molecule has 2 unspecified atom stereocenters. The van der Waals surface area contributed by atoms with Crippen molar-refractivity contribution in [2.24, 2.45) is 0 Å². The van der Waals surface area contributed by atoms with Gasteiger partial charge in [0, 0.05) is 13.0 Å². The van der Waals surface area contributed by atoms with Crippen LogP contribution in [0.1, 0.15) is 12.8 Å². The fourth-order valence-corrected chi connectivity index (χ4v) is 1.04. The molecule has 11 heavy (non-hydrogen) atoms. The first-order valence-corrected chi connectivity index (χ1v) is 3.49. The van der Waals surface area contributed by atoms with Crippen LogP contribution in [0.25, 0.3) is 0 Å². The van der Waals surface area contributed by atoms with E-state index in [-0.39, 0.29) is 6.10 Å². The standard InChI is InChI=1S/C6H11NO4/c8-4-1-2-5(7-3-4)11-6(9)10/h4-5,7-8H,1-3H2,(H,9,10). The Morgan fingerprint density at radius 3 is 2.73 bits per heavy atom. The first-order chi connectivity index (χ1) is 5.18. The first-order valence-electron chi connectivity index (χ1n) is 3.49. The highest BCUT2D eigenvalue weighted by Crippen LogP contribution is 2.08. The fourth-order valence-electron chi connectivity index (χ4n) is 1.04. The average molecular weight is 161 g/mol. The monoisotopic (exact) mass is 161 g/mol. The van der Waals surface area contributed by atoms with Gasteiger partial charge in [0.25, 0.3) is 0 Å². The van der Waals surface area contributed by atoms with Crippen molar-refractivity contribution in [3.63, 3.8) is 0 Å². The molecule has 1 aliphatic heterocycles. The van der Waals surface area contributed by atoms with E-state index >= 15 is 0 Å². The molecule has 1 heterocycles. The summed E-state index contributed by atoms with van der Waals surface area (Å²) in [6, 6.07) is 0. The molecule has 1 fully saturated rings. The molecule has 1 rings (SSSR count). The van der Waals surface area contributed by atoms with Gasteiger partial charge >= 0.3 is 6.16 Å². The van der Waals surface area contributed by atoms with Crippen molar-refractivity contribution in [3.05, 3.63) is 0 Å². The van der Waals surface area contributed by atoms with Crippen LogP contribution in [0.4, 0.5) is 4.79 Å². The lowest BCUT2D eigenvalue weighted by molar-refractivity contribution is 0.000318. The lowest BCUT2D eigenvalue weighted by Crippen LogP contribution is -2.43. The third kappa shape index (κ3) is 2.73. The highest BCUT2D eigenvalue weighted by atomic mass is 16.7. The van der Waals surface area contributed by atoms with Crippen molar-refractivity contribution in [2.45, 2.75) is 25.2 Å². The predicted octanol–water partition coefficient (Wildman–Crippen LogP) is -0.249. The van der Waals surface area contributed by atoms with Crippen molar-refractivity contribution in [1.82, 2.24) is 5.32 Å². The second-order valence-electron chi connectivity index (χ2n) is 2.51. The van der Waals surface area contributed by atoms with Gasteiger partial charge in [-0.15, -0.1) is 0 Å². The fraction of sp³-hybridized carbons (Fsp3) is 0.833. The van der Waals surface area contributed by atoms with Crippen LogP contribution in [-0.4, -0.2) is 35.2 Å². The van der Waals surface area contributed by atoms with E-state index in [4.69, 9.17) is 10.2 Å². The molecule has 0 aliphatic carbocycles. The van der Waals surface area contributed by atoms with Crippen LogP contribution in [0.15, 0.2) is 0 Å². The smallest absolute Gasteiger partial charge is 0.450 e. The van der Waals surface area contributed by atoms with Crippen molar-refractivity contribution < 1.29 is 19.7 Å². The zero-order valence-corrected chi connectivity index (χ0v) is 5.99. The van der Waals surface area contributed by atoms with Crippen LogP contribution in [0.2, 0.25) is 0 Å². The zero-order valence-electron chi connectivity index (χ0n) is 5.99. The Bertz CT molecular complexity index is 142. The summed E-state index contributed by atoms with van der Waals surface area (Å²) in [5.74, 6) is 0. The number of nitrogens with one attached hydrogen (secondary N) is 1. The van der Waals surface area contributed by atoms with Crippen LogP contribution >= 0.6 is 0 Å². The van der Waals surface area contributed by atoms with Gasteiger partial charge in [0.15, 0.2) is 6.23 Å². The minimum atomic E-state index is -1.28. The third-order valence-electron chi connectivity index (χ3n) is 1.59. The van der Waals surface area contributed by atoms with Crippen LogP contribution in [0.5, 0.6) is 0 Å². The van der Waals surface area contributed by atoms with Crippen LogP contribution in [-0.2, 0) is 4.74 Å². The van der Waals surface area contributed by atoms with Crippen molar-refractivity contribution in [1.29, 1.82) is 0 Å². The van der Waals surface area contributed by atoms with Crippen molar-refractivity contribution in [2.75, 3.05) is 6.54 Å². The molecule has 0 aromatic heterocycles. The number of ether oxygens (including phenoxy) is 1. The summed E-state index contributed by atoms with van der Waals surface area (Å²) in [7, 11) is 0. The molecular formula is C6H11NO4. The lowest BCUT2D eigenvalue weighted by Gasteiger charge is -2.25. The molecule has 0 aromatic rings. The maximum absolute atomic E-state index is 10.0. The van der Waals surface area contributed by atoms with Gasteiger partial charge in [-0.1, -0.05) is 0 Å². The minimum Gasteiger partial charge on any atom is -0.450 e. The van der Waals surface area contributed by atoms with Gasteiger partial charge in [0.05, 0.1) is 6.10 Å². The number of piperidine rings is 1. The summed E-state index contributed by atoms with van der Waals surface area (Å²) in [6.07, 6.45) is -0.975. The van der Waals surface area contributed by atoms with Gasteiger partial charge in [-0.25, -0.2) is 4.79 Å². The molecule has 0 aromatic carbocycles. The molecular weight excluding hydrogens is 150 g/mol. The Labute approximate surface area is 64.0 Å². The molecule has 0 amide bonds. The maximum atomic E-state index is 10.0. The molecule has 2 atom stereocenters. The van der Waals surface area contributed by atoms with E-state index in [0.29, 0.717) is 19.4 Å². The number of carbonyl (C=O) groups is 1. The van der Waals surface area contributed by atoms with Crippen molar-refractivity contribution in [3.8, 4) is 0 Å². The SMILES string of the molecule is O=C(O)OC1CCC(O)CN1. The number of aliphatic hydroxyl groups excluding tert-OH is 1. The molecule has 64 valence electrons. The van der Waals surface area contributed by atoms with Gasteiger partial charge in [-0.2, -0.15) is 0 Å². The zero-order chi connectivity index (χ0) is 8.27. The van der Waals surface area contributed by atoms with Gasteiger partial charge < -0.3 is 14.9 Å². The number of aliphatic hydroxyl groups is 1. The maximum Gasteiger partial charge on any atom is 0.507 e. The molecule has 0 saturated carbocycles. The van der Waals surface area contributed by atoms with Crippen LogP contribution in [0.3, 0.4) is 0 Å². The van der Waals surface area contributed by atoms with E-state index in [0.717, 1.165) is 0 Å². The minimum absolute atomic E-state index is 0.372. The Kier molecular flexibility index (Phi) is 2.67. The summed E-state index contributed by atoms with van der Waals surface area (Å²) in [5, 5.41) is 19.9. The molecule has 1 saturated heterocycles. The lowest BCUT2D eigenvalue weighted by atomic mass is 10.1. The third-order valence-corrected chi connectivity index (χ3v) is 1.59. The summed E-state index contributed by atoms with van der Waals surface area (Å²) in [6.45, 7) is 0.401. The Hall–Kier alpha value is -0.810. The molecule has 0 spiro atoms. The Morgan fingerprint density at radius 2 is 2.27 bits per heavy atom. The normalized spacial score (nSPS) is 31.4. The summed E-state index contributed by atoms with van der Waals surface area (Å²) >= 11 is 0. The van der Waals surface area contributed by atoms with E-state index in [1.54, 1.807) is 0 Å². The predicted molar refractivity (Wildman–Crippen MR) is 36.1 cm³/mol. The van der Waals surface area contributed by atoms with E-state index < -0.39 is 12.4 Å². The van der Waals surface area contributed by atoms with Gasteiger partial charge in [-0.3, -0.25) is 5.32 Å². The van der Waals surface area contributed by atoms with E-state index in [1.165, 1.54) is 0 Å². The molecule has 5 nitrogen and oxygen atoms in total. The van der Waals surface area contributed by atoms with Crippen molar-refractivity contribution >= 4 is 6.16 Å². The van der Waals surface area contributed by atoms with Gasteiger partial charge in [0.2, 0.25) is 0 Å². The van der Waals surface area contributed by atoms with Crippen LogP contribution in [0, 0.1) is 0 Å². The summed E-state index contributed by atoms with van der Waals surface area (Å²) < 4.78 is 4.43. The second-order valence-corrected chi connectivity index (χ2v) is 2.51. The highest BCUT2D eigenvalue weighted by molar-refractivity contribution is 5.57. The Balaban J connectivity index is 2.22. The number of β-amino-alcohol motifs (C(OH)–C–C–N with tert-alkyl or cyclic N) is 1. The van der Waals surface area contributed by atoms with E-state index in [9.17, 15) is 4.79 Å². The van der Waals surface area contributed by atoms with Crippen LogP contribution < -0.4 is 5.32 Å². The second kappa shape index (κ2) is 3.54. The number of carboxylic acid groups (broad SMARTS) is 1. The number of hydrogen-bond acceptors (Lipinski definition) is 4. The van der Waals surface area contributed by atoms with E-state index in [1.807, 2.05) is 0 Å². The topological polar surface area (TPSA) is 78.8 Å². The summed E-state index contributed by atoms with van der Waals surface area (Å²) in [4.78, 5) is 10.0. The number of hydrogen-bond donors (Lipinski definition) is 3.